The molecule has 0 aliphatic carbocycles. The van der Waals surface area contributed by atoms with Crippen molar-refractivity contribution < 1.29 is 27.1 Å². The Labute approximate surface area is 132 Å². The second kappa shape index (κ2) is 5.61. The molecule has 124 valence electrons. The van der Waals surface area contributed by atoms with E-state index in [0.717, 1.165) is 4.31 Å². The maximum absolute atomic E-state index is 13.4. The van der Waals surface area contributed by atoms with Crippen LogP contribution in [-0.4, -0.2) is 36.9 Å². The normalized spacial score (nSPS) is 20.0. The Bertz CT molecular complexity index is 873. The molecule has 0 radical (unpaired) electrons. The number of fused-ring (bicyclic) bond motifs is 1. The lowest BCUT2D eigenvalue weighted by atomic mass is 10.0. The standard InChI is InChI=1S/C15H16FNO5S/c1-9-12-7-11(16)4-5-13(12)22-15(9)23(20,21)17-6-2-3-10(8-17)14(18)19/h4-5,7,10H,2-3,6,8H2,1H3,(H,18,19). The first-order valence-electron chi connectivity index (χ1n) is 7.22. The Hall–Kier alpha value is -1.93. The molecule has 1 unspecified atom stereocenters. The lowest BCUT2D eigenvalue weighted by molar-refractivity contribution is -0.142. The number of nitrogens with zero attached hydrogens (tertiary/aromatic N) is 1. The number of halogens is 1. The Morgan fingerprint density at radius 2 is 2.17 bits per heavy atom. The maximum atomic E-state index is 13.4. The van der Waals surface area contributed by atoms with Gasteiger partial charge in [0.25, 0.3) is 10.0 Å². The van der Waals surface area contributed by atoms with E-state index in [2.05, 4.69) is 0 Å². The Kier molecular flexibility index (Phi) is 3.89. The van der Waals surface area contributed by atoms with Crippen LogP contribution in [0.1, 0.15) is 18.4 Å². The van der Waals surface area contributed by atoms with Gasteiger partial charge in [-0.05, 0) is 38.0 Å². The van der Waals surface area contributed by atoms with Crippen LogP contribution >= 0.6 is 0 Å². The number of hydrogen-bond acceptors (Lipinski definition) is 4. The predicted molar refractivity (Wildman–Crippen MR) is 80.0 cm³/mol. The number of sulfonamides is 1. The molecule has 1 aromatic carbocycles. The zero-order chi connectivity index (χ0) is 16.8. The maximum Gasteiger partial charge on any atom is 0.307 e. The minimum absolute atomic E-state index is 0.0808. The molecule has 23 heavy (non-hydrogen) atoms. The van der Waals surface area contributed by atoms with E-state index in [1.54, 1.807) is 6.92 Å². The van der Waals surface area contributed by atoms with Gasteiger partial charge in [0.1, 0.15) is 11.4 Å². The highest BCUT2D eigenvalue weighted by Crippen LogP contribution is 2.32. The molecule has 0 amide bonds. The third-order valence-corrected chi connectivity index (χ3v) is 6.03. The average Bonchev–Trinajstić information content (AvgIpc) is 2.85. The number of aliphatic carboxylic acids is 1. The molecule has 1 atom stereocenters. The minimum Gasteiger partial charge on any atom is -0.481 e. The van der Waals surface area contributed by atoms with E-state index in [4.69, 9.17) is 9.52 Å². The highest BCUT2D eigenvalue weighted by Gasteiger charge is 2.36. The molecule has 1 aliphatic heterocycles. The van der Waals surface area contributed by atoms with Crippen LogP contribution in [0.2, 0.25) is 0 Å². The first-order valence-corrected chi connectivity index (χ1v) is 8.66. The molecule has 1 aliphatic rings. The molecular formula is C15H16FNO5S. The topological polar surface area (TPSA) is 87.8 Å². The molecule has 1 fully saturated rings. The van der Waals surface area contributed by atoms with Gasteiger partial charge in [0.15, 0.2) is 0 Å². The van der Waals surface area contributed by atoms with E-state index in [-0.39, 0.29) is 23.8 Å². The van der Waals surface area contributed by atoms with Crippen LogP contribution in [0.4, 0.5) is 4.39 Å². The van der Waals surface area contributed by atoms with Crippen molar-refractivity contribution in [2.24, 2.45) is 5.92 Å². The van der Waals surface area contributed by atoms with E-state index in [9.17, 15) is 17.6 Å². The molecule has 0 spiro atoms. The van der Waals surface area contributed by atoms with Crippen LogP contribution in [0.5, 0.6) is 0 Å². The largest absolute Gasteiger partial charge is 0.481 e. The van der Waals surface area contributed by atoms with E-state index < -0.39 is 27.7 Å². The number of benzene rings is 1. The van der Waals surface area contributed by atoms with Gasteiger partial charge in [-0.2, -0.15) is 4.31 Å². The summed E-state index contributed by atoms with van der Waals surface area (Å²) in [7, 11) is -3.95. The molecule has 2 heterocycles. The van der Waals surface area contributed by atoms with Crippen molar-refractivity contribution in [1.82, 2.24) is 4.31 Å². The van der Waals surface area contributed by atoms with Crippen molar-refractivity contribution in [2.45, 2.75) is 24.9 Å². The number of carboxylic acids is 1. The second-order valence-corrected chi connectivity index (χ2v) is 7.53. The van der Waals surface area contributed by atoms with Crippen molar-refractivity contribution in [3.8, 4) is 0 Å². The summed E-state index contributed by atoms with van der Waals surface area (Å²) in [4.78, 5) is 11.1. The van der Waals surface area contributed by atoms with Crippen molar-refractivity contribution in [2.75, 3.05) is 13.1 Å². The van der Waals surface area contributed by atoms with Crippen LogP contribution < -0.4 is 0 Å². The van der Waals surface area contributed by atoms with Crippen molar-refractivity contribution >= 4 is 27.0 Å². The fourth-order valence-corrected chi connectivity index (χ4v) is 4.57. The highest BCUT2D eigenvalue weighted by molar-refractivity contribution is 7.89. The summed E-state index contributed by atoms with van der Waals surface area (Å²) in [5.41, 5.74) is 0.617. The summed E-state index contributed by atoms with van der Waals surface area (Å²) in [6, 6.07) is 3.80. The van der Waals surface area contributed by atoms with Gasteiger partial charge in [0.05, 0.1) is 5.92 Å². The van der Waals surface area contributed by atoms with Gasteiger partial charge in [-0.3, -0.25) is 4.79 Å². The zero-order valence-electron chi connectivity index (χ0n) is 12.5. The predicted octanol–water partition coefficient (Wildman–Crippen LogP) is 2.37. The molecule has 3 rings (SSSR count). The number of hydrogen-bond donors (Lipinski definition) is 1. The Balaban J connectivity index is 2.03. The summed E-state index contributed by atoms with van der Waals surface area (Å²) in [5.74, 6) is -2.21. The van der Waals surface area contributed by atoms with Crippen LogP contribution in [0.15, 0.2) is 27.7 Å². The summed E-state index contributed by atoms with van der Waals surface area (Å²) >= 11 is 0. The SMILES string of the molecule is Cc1c(S(=O)(=O)N2CCCC(C(=O)O)C2)oc2ccc(F)cc12. The zero-order valence-corrected chi connectivity index (χ0v) is 13.3. The molecule has 0 bridgehead atoms. The first-order chi connectivity index (χ1) is 10.8. The van der Waals surface area contributed by atoms with Gasteiger partial charge in [0, 0.05) is 24.0 Å². The molecule has 2 aromatic rings. The van der Waals surface area contributed by atoms with Crippen LogP contribution in [0, 0.1) is 18.7 Å². The lowest BCUT2D eigenvalue weighted by Gasteiger charge is -2.29. The van der Waals surface area contributed by atoms with Gasteiger partial charge in [-0.15, -0.1) is 0 Å². The monoisotopic (exact) mass is 341 g/mol. The smallest absolute Gasteiger partial charge is 0.307 e. The lowest BCUT2D eigenvalue weighted by Crippen LogP contribution is -2.42. The second-order valence-electron chi connectivity index (χ2n) is 5.70. The summed E-state index contributed by atoms with van der Waals surface area (Å²) in [6.07, 6.45) is 0.926. The van der Waals surface area contributed by atoms with E-state index in [0.29, 0.717) is 23.8 Å². The van der Waals surface area contributed by atoms with Crippen molar-refractivity contribution in [3.63, 3.8) is 0 Å². The molecule has 6 nitrogen and oxygen atoms in total. The van der Waals surface area contributed by atoms with Crippen LogP contribution in [-0.2, 0) is 14.8 Å². The molecule has 1 N–H and O–H groups in total. The van der Waals surface area contributed by atoms with Gasteiger partial charge >= 0.3 is 5.97 Å². The van der Waals surface area contributed by atoms with Crippen molar-refractivity contribution in [1.29, 1.82) is 0 Å². The van der Waals surface area contributed by atoms with Crippen LogP contribution in [0.3, 0.4) is 0 Å². The summed E-state index contributed by atoms with van der Waals surface area (Å²) in [5, 5.41) is 9.26. The Morgan fingerprint density at radius 3 is 2.87 bits per heavy atom. The quantitative estimate of drug-likeness (QED) is 0.926. The number of aryl methyl sites for hydroxylation is 1. The van der Waals surface area contributed by atoms with Gasteiger partial charge in [-0.1, -0.05) is 0 Å². The molecule has 1 saturated heterocycles. The van der Waals surface area contributed by atoms with Gasteiger partial charge in [-0.25, -0.2) is 12.8 Å². The van der Waals surface area contributed by atoms with E-state index >= 15 is 0 Å². The summed E-state index contributed by atoms with van der Waals surface area (Å²) in [6.45, 7) is 1.72. The van der Waals surface area contributed by atoms with Crippen LogP contribution in [0.25, 0.3) is 11.0 Å². The van der Waals surface area contributed by atoms with Crippen molar-refractivity contribution in [3.05, 3.63) is 29.6 Å². The molecular weight excluding hydrogens is 325 g/mol. The molecule has 1 aromatic heterocycles. The molecule has 8 heteroatoms. The van der Waals surface area contributed by atoms with Gasteiger partial charge < -0.3 is 9.52 Å². The number of carboxylic acid groups (broad SMARTS) is 1. The Morgan fingerprint density at radius 1 is 1.43 bits per heavy atom. The number of carbonyl (C=O) groups is 1. The third kappa shape index (κ3) is 2.72. The number of furan rings is 1. The molecule has 0 saturated carbocycles. The third-order valence-electron chi connectivity index (χ3n) is 4.16. The van der Waals surface area contributed by atoms with E-state index in [1.807, 2.05) is 0 Å². The fourth-order valence-electron chi connectivity index (χ4n) is 2.90. The minimum atomic E-state index is -3.95. The first kappa shape index (κ1) is 15.9. The van der Waals surface area contributed by atoms with Gasteiger partial charge in [0.2, 0.25) is 5.09 Å². The average molecular weight is 341 g/mol. The number of piperidine rings is 1. The number of rotatable bonds is 3. The summed E-state index contributed by atoms with van der Waals surface area (Å²) < 4.78 is 45.5. The van der Waals surface area contributed by atoms with E-state index in [1.165, 1.54) is 18.2 Å². The fraction of sp³-hybridized carbons (Fsp3) is 0.400. The highest BCUT2D eigenvalue weighted by atomic mass is 32.2.